The van der Waals surface area contributed by atoms with E-state index in [0.29, 0.717) is 6.54 Å². The zero-order chi connectivity index (χ0) is 21.7. The maximum absolute atomic E-state index is 5.23. The zero-order valence-electron chi connectivity index (χ0n) is 18.4. The van der Waals surface area contributed by atoms with Crippen molar-refractivity contribution in [3.8, 4) is 5.75 Å². The van der Waals surface area contributed by atoms with Gasteiger partial charge in [0, 0.05) is 32.6 Å². The first-order valence-corrected chi connectivity index (χ1v) is 10.8. The Kier molecular flexibility index (Phi) is 8.91. The van der Waals surface area contributed by atoms with Crippen LogP contribution in [0.2, 0.25) is 0 Å². The summed E-state index contributed by atoms with van der Waals surface area (Å²) in [5.41, 5.74) is 2.55. The predicted octanol–water partition coefficient (Wildman–Crippen LogP) is 2.87. The molecule has 0 radical (unpaired) electrons. The summed E-state index contributed by atoms with van der Waals surface area (Å²) in [4.78, 5) is 4.78. The highest BCUT2D eigenvalue weighted by atomic mass is 16.5. The quantitative estimate of drug-likeness (QED) is 0.368. The first kappa shape index (κ1) is 22.3. The van der Waals surface area contributed by atoms with Gasteiger partial charge < -0.3 is 19.9 Å². The largest absolute Gasteiger partial charge is 0.497 e. The second kappa shape index (κ2) is 12.4. The molecule has 0 aliphatic carbocycles. The molecule has 3 aromatic rings. The monoisotopic (exact) mass is 420 g/mol. The molecule has 31 heavy (non-hydrogen) atoms. The molecule has 3 rings (SSSR count). The second-order valence-corrected chi connectivity index (χ2v) is 7.21. The molecular weight excluding hydrogens is 388 g/mol. The lowest BCUT2D eigenvalue weighted by Gasteiger charge is -2.14. The number of rotatable bonds is 11. The summed E-state index contributed by atoms with van der Waals surface area (Å²) in [5.74, 6) is 2.70. The van der Waals surface area contributed by atoms with Gasteiger partial charge in [0.05, 0.1) is 7.11 Å². The van der Waals surface area contributed by atoms with Crippen molar-refractivity contribution in [3.05, 3.63) is 77.9 Å². The molecule has 7 heteroatoms. The number of aryl methyl sites for hydroxylation is 1. The third-order valence-corrected chi connectivity index (χ3v) is 5.04. The summed E-state index contributed by atoms with van der Waals surface area (Å²) < 4.78 is 7.30. The number of nitrogens with one attached hydrogen (secondary N) is 2. The normalized spacial score (nSPS) is 11.4. The Morgan fingerprint density at radius 2 is 1.71 bits per heavy atom. The fourth-order valence-corrected chi connectivity index (χ4v) is 3.27. The summed E-state index contributed by atoms with van der Waals surface area (Å²) in [7, 11) is 1.68. The van der Waals surface area contributed by atoms with Crippen LogP contribution in [0.1, 0.15) is 23.9 Å². The number of ether oxygens (including phenoxy) is 1. The number of guanidine groups is 1. The van der Waals surface area contributed by atoms with Crippen LogP contribution in [0.5, 0.6) is 5.75 Å². The Morgan fingerprint density at radius 3 is 2.45 bits per heavy atom. The summed E-state index contributed by atoms with van der Waals surface area (Å²) in [6, 6.07) is 18.6. The van der Waals surface area contributed by atoms with Crippen molar-refractivity contribution in [1.82, 2.24) is 25.4 Å². The molecule has 2 N–H and O–H groups in total. The molecule has 2 aromatic carbocycles. The first-order chi connectivity index (χ1) is 15.3. The lowest BCUT2D eigenvalue weighted by Crippen LogP contribution is -2.40. The van der Waals surface area contributed by atoms with Crippen molar-refractivity contribution in [2.24, 2.45) is 4.99 Å². The van der Waals surface area contributed by atoms with Gasteiger partial charge in [0.1, 0.15) is 17.9 Å². The van der Waals surface area contributed by atoms with Crippen LogP contribution in [-0.2, 0) is 25.8 Å². The van der Waals surface area contributed by atoms with Crippen LogP contribution in [-0.4, -0.2) is 47.5 Å². The molecule has 1 aromatic heterocycles. The van der Waals surface area contributed by atoms with Gasteiger partial charge in [-0.1, -0.05) is 49.4 Å². The number of aromatic nitrogens is 3. The van der Waals surface area contributed by atoms with Crippen LogP contribution in [0.25, 0.3) is 0 Å². The SMILES string of the molecule is CCc1nncn1CCNC(=NCCc1ccc(OC)cc1)NCCc1ccccc1. The zero-order valence-corrected chi connectivity index (χ0v) is 18.4. The van der Waals surface area contributed by atoms with Crippen molar-refractivity contribution in [2.45, 2.75) is 32.7 Å². The van der Waals surface area contributed by atoms with E-state index in [2.05, 4.69) is 68.7 Å². The molecule has 1 heterocycles. The minimum Gasteiger partial charge on any atom is -0.497 e. The molecule has 164 valence electrons. The number of aliphatic imine (C=N–C) groups is 1. The Balaban J connectivity index is 1.53. The van der Waals surface area contributed by atoms with Crippen molar-refractivity contribution in [3.63, 3.8) is 0 Å². The van der Waals surface area contributed by atoms with Gasteiger partial charge in [0.25, 0.3) is 0 Å². The summed E-state index contributed by atoms with van der Waals surface area (Å²) in [5, 5.41) is 15.0. The highest BCUT2D eigenvalue weighted by molar-refractivity contribution is 5.79. The number of hydrogen-bond donors (Lipinski definition) is 2. The smallest absolute Gasteiger partial charge is 0.191 e. The van der Waals surface area contributed by atoms with Crippen LogP contribution in [0.15, 0.2) is 65.9 Å². The minimum atomic E-state index is 0.708. The average molecular weight is 421 g/mol. The fraction of sp³-hybridized carbons (Fsp3) is 0.375. The lowest BCUT2D eigenvalue weighted by atomic mass is 10.1. The van der Waals surface area contributed by atoms with Gasteiger partial charge in [-0.05, 0) is 36.1 Å². The van der Waals surface area contributed by atoms with Gasteiger partial charge in [-0.25, -0.2) is 0 Å². The molecule has 0 aliphatic heterocycles. The van der Waals surface area contributed by atoms with Gasteiger partial charge in [-0.3, -0.25) is 4.99 Å². The van der Waals surface area contributed by atoms with E-state index in [-0.39, 0.29) is 0 Å². The predicted molar refractivity (Wildman–Crippen MR) is 125 cm³/mol. The number of hydrogen-bond acceptors (Lipinski definition) is 4. The molecule has 0 saturated heterocycles. The van der Waals surface area contributed by atoms with Gasteiger partial charge in [-0.15, -0.1) is 10.2 Å². The molecule has 0 fully saturated rings. The topological polar surface area (TPSA) is 76.4 Å². The van der Waals surface area contributed by atoms with Crippen LogP contribution >= 0.6 is 0 Å². The minimum absolute atomic E-state index is 0.708. The Hall–Kier alpha value is -3.35. The van der Waals surface area contributed by atoms with Gasteiger partial charge in [0.2, 0.25) is 0 Å². The molecular formula is C24H32N6O. The van der Waals surface area contributed by atoms with E-state index in [1.807, 2.05) is 18.2 Å². The molecule has 7 nitrogen and oxygen atoms in total. The Bertz CT molecular complexity index is 921. The van der Waals surface area contributed by atoms with E-state index in [1.165, 1.54) is 11.1 Å². The van der Waals surface area contributed by atoms with Crippen LogP contribution < -0.4 is 15.4 Å². The summed E-state index contributed by atoms with van der Waals surface area (Å²) >= 11 is 0. The van der Waals surface area contributed by atoms with Gasteiger partial charge in [-0.2, -0.15) is 0 Å². The number of benzene rings is 2. The molecule has 0 saturated carbocycles. The lowest BCUT2D eigenvalue weighted by molar-refractivity contribution is 0.414. The van der Waals surface area contributed by atoms with Crippen LogP contribution in [0.4, 0.5) is 0 Å². The average Bonchev–Trinajstić information content (AvgIpc) is 3.27. The third-order valence-electron chi connectivity index (χ3n) is 5.04. The number of methoxy groups -OCH3 is 1. The van der Waals surface area contributed by atoms with E-state index < -0.39 is 0 Å². The van der Waals surface area contributed by atoms with Crippen LogP contribution in [0, 0.1) is 0 Å². The van der Waals surface area contributed by atoms with Crippen LogP contribution in [0.3, 0.4) is 0 Å². The molecule has 0 unspecified atom stereocenters. The second-order valence-electron chi connectivity index (χ2n) is 7.21. The van der Waals surface area contributed by atoms with E-state index in [0.717, 1.165) is 56.4 Å². The third kappa shape index (κ3) is 7.44. The van der Waals surface area contributed by atoms with Crippen molar-refractivity contribution < 1.29 is 4.74 Å². The van der Waals surface area contributed by atoms with Gasteiger partial charge >= 0.3 is 0 Å². The van der Waals surface area contributed by atoms with Crippen molar-refractivity contribution >= 4 is 5.96 Å². The fourth-order valence-electron chi connectivity index (χ4n) is 3.27. The van der Waals surface area contributed by atoms with E-state index in [4.69, 9.17) is 9.73 Å². The Labute approximate surface area is 184 Å². The standard InChI is InChI=1S/C24H32N6O/c1-3-23-29-28-19-30(23)18-17-27-24(25-15-13-20-7-5-4-6-8-20)26-16-14-21-9-11-22(31-2)12-10-21/h4-12,19H,3,13-18H2,1-2H3,(H2,25,26,27). The van der Waals surface area contributed by atoms with E-state index in [9.17, 15) is 0 Å². The molecule has 0 atom stereocenters. The highest BCUT2D eigenvalue weighted by Gasteiger charge is 2.03. The highest BCUT2D eigenvalue weighted by Crippen LogP contribution is 2.11. The van der Waals surface area contributed by atoms with E-state index in [1.54, 1.807) is 13.4 Å². The summed E-state index contributed by atoms with van der Waals surface area (Å²) in [6.45, 7) is 5.18. The van der Waals surface area contributed by atoms with E-state index >= 15 is 0 Å². The van der Waals surface area contributed by atoms with Crippen molar-refractivity contribution in [2.75, 3.05) is 26.7 Å². The molecule has 0 aliphatic rings. The maximum Gasteiger partial charge on any atom is 0.191 e. The maximum atomic E-state index is 5.23. The van der Waals surface area contributed by atoms with Gasteiger partial charge in [0.15, 0.2) is 5.96 Å². The molecule has 0 spiro atoms. The summed E-state index contributed by atoms with van der Waals surface area (Å²) in [6.07, 6.45) is 4.48. The Morgan fingerprint density at radius 1 is 0.968 bits per heavy atom. The number of nitrogens with zero attached hydrogens (tertiary/aromatic N) is 4. The molecule has 0 bridgehead atoms. The molecule has 0 amide bonds. The first-order valence-electron chi connectivity index (χ1n) is 10.8. The van der Waals surface area contributed by atoms with Crippen molar-refractivity contribution in [1.29, 1.82) is 0 Å².